The van der Waals surface area contributed by atoms with Crippen molar-refractivity contribution in [2.45, 2.75) is 20.9 Å². The summed E-state index contributed by atoms with van der Waals surface area (Å²) in [6.45, 7) is 2.01. The highest BCUT2D eigenvalue weighted by Crippen LogP contribution is 2.40. The maximum Gasteiger partial charge on any atom is 0.250 e. The Hall–Kier alpha value is -0.0300. The molecule has 22 heavy (non-hydrogen) atoms. The first kappa shape index (κ1) is 18.3. The summed E-state index contributed by atoms with van der Waals surface area (Å²) < 4.78 is -3.72. The van der Waals surface area contributed by atoms with Crippen LogP contribution in [0, 0.1) is 0 Å². The van der Waals surface area contributed by atoms with Crippen molar-refractivity contribution >= 4 is 69.6 Å². The molecule has 0 unspecified atom stereocenters. The molecule has 0 aliphatic rings. The highest BCUT2D eigenvalue weighted by atomic mass is 35.6. The van der Waals surface area contributed by atoms with Crippen LogP contribution < -0.4 is 0 Å². The van der Waals surface area contributed by atoms with E-state index >= 15 is 0 Å². The standard InChI is InChI=1S/C13H9Cl6N3/c1-2-7-5-3-4-6-8(7)9-20-10(12(14,15)16)22-11(21-9)13(17,18)19/h3-6H,2H2,1H3. The predicted octanol–water partition coefficient (Wildman–Crippen LogP) is 5.75. The van der Waals surface area contributed by atoms with E-state index in [4.69, 9.17) is 69.6 Å². The Labute approximate surface area is 157 Å². The van der Waals surface area contributed by atoms with Gasteiger partial charge >= 0.3 is 0 Å². The molecule has 0 bridgehead atoms. The molecule has 1 heterocycles. The van der Waals surface area contributed by atoms with Gasteiger partial charge in [-0.25, -0.2) is 15.0 Å². The van der Waals surface area contributed by atoms with Gasteiger partial charge in [0.15, 0.2) is 17.5 Å². The number of aryl methyl sites for hydroxylation is 1. The average Bonchev–Trinajstić information content (AvgIpc) is 2.45. The second-order valence-corrected chi connectivity index (χ2v) is 8.87. The number of hydrogen-bond acceptors (Lipinski definition) is 3. The molecule has 0 fully saturated rings. The van der Waals surface area contributed by atoms with Crippen LogP contribution in [0.25, 0.3) is 11.4 Å². The van der Waals surface area contributed by atoms with Crippen molar-refractivity contribution < 1.29 is 0 Å². The van der Waals surface area contributed by atoms with Gasteiger partial charge in [0.1, 0.15) is 0 Å². The van der Waals surface area contributed by atoms with Crippen molar-refractivity contribution in [3.05, 3.63) is 41.5 Å². The summed E-state index contributed by atoms with van der Waals surface area (Å²) in [5.74, 6) is 0.0829. The van der Waals surface area contributed by atoms with Crippen molar-refractivity contribution in [3.63, 3.8) is 0 Å². The lowest BCUT2D eigenvalue weighted by Crippen LogP contribution is -2.17. The topological polar surface area (TPSA) is 38.7 Å². The smallest absolute Gasteiger partial charge is 0.209 e. The van der Waals surface area contributed by atoms with Crippen LogP contribution in [0.3, 0.4) is 0 Å². The molecule has 0 atom stereocenters. The lowest BCUT2D eigenvalue weighted by molar-refractivity contribution is 0.850. The van der Waals surface area contributed by atoms with Crippen LogP contribution in [-0.2, 0) is 14.0 Å². The third-order valence-electron chi connectivity index (χ3n) is 2.78. The molecule has 0 aliphatic heterocycles. The third kappa shape index (κ3) is 4.28. The van der Waals surface area contributed by atoms with Crippen molar-refractivity contribution in [1.29, 1.82) is 0 Å². The first-order valence-electron chi connectivity index (χ1n) is 6.11. The molecule has 0 saturated carbocycles. The Morgan fingerprint density at radius 2 is 1.32 bits per heavy atom. The van der Waals surface area contributed by atoms with Crippen LogP contribution in [0.1, 0.15) is 24.1 Å². The first-order valence-corrected chi connectivity index (χ1v) is 8.38. The van der Waals surface area contributed by atoms with E-state index in [1.165, 1.54) is 0 Å². The number of rotatable bonds is 2. The molecular formula is C13H9Cl6N3. The van der Waals surface area contributed by atoms with Crippen molar-refractivity contribution in [3.8, 4) is 11.4 Å². The molecular weight excluding hydrogens is 411 g/mol. The quantitative estimate of drug-likeness (QED) is 0.581. The summed E-state index contributed by atoms with van der Waals surface area (Å²) in [4.78, 5) is 12.3. The summed E-state index contributed by atoms with van der Waals surface area (Å²) in [5.41, 5.74) is 1.78. The highest BCUT2D eigenvalue weighted by Gasteiger charge is 2.34. The molecule has 0 aliphatic carbocycles. The minimum atomic E-state index is -1.86. The summed E-state index contributed by atoms with van der Waals surface area (Å²) in [7, 11) is 0. The lowest BCUT2D eigenvalue weighted by atomic mass is 10.0. The highest BCUT2D eigenvalue weighted by molar-refractivity contribution is 6.67. The Kier molecular flexibility index (Phi) is 5.69. The SMILES string of the molecule is CCc1ccccc1-c1nc(C(Cl)(Cl)Cl)nc(C(Cl)(Cl)Cl)n1. The zero-order valence-corrected chi connectivity index (χ0v) is 15.7. The Balaban J connectivity index is 2.70. The summed E-state index contributed by atoms with van der Waals surface area (Å²) in [6.07, 6.45) is 0.772. The maximum atomic E-state index is 5.86. The van der Waals surface area contributed by atoms with Crippen molar-refractivity contribution in [2.24, 2.45) is 0 Å². The molecule has 2 rings (SSSR count). The molecule has 0 amide bonds. The lowest BCUT2D eigenvalue weighted by Gasteiger charge is -2.16. The van der Waals surface area contributed by atoms with Crippen LogP contribution in [0.2, 0.25) is 0 Å². The van der Waals surface area contributed by atoms with Gasteiger partial charge in [-0.1, -0.05) is 101 Å². The first-order chi connectivity index (χ1) is 10.1. The molecule has 9 heteroatoms. The van der Waals surface area contributed by atoms with E-state index in [-0.39, 0.29) is 17.5 Å². The van der Waals surface area contributed by atoms with Gasteiger partial charge in [-0.05, 0) is 12.0 Å². The number of hydrogen-bond donors (Lipinski definition) is 0. The summed E-state index contributed by atoms with van der Waals surface area (Å²) in [6, 6.07) is 7.55. The van der Waals surface area contributed by atoms with Gasteiger partial charge in [-0.15, -0.1) is 0 Å². The average molecular weight is 420 g/mol. The number of benzene rings is 1. The fraction of sp³-hybridized carbons (Fsp3) is 0.308. The van der Waals surface area contributed by atoms with Gasteiger partial charge in [-0.2, -0.15) is 0 Å². The van der Waals surface area contributed by atoms with Gasteiger partial charge in [0.25, 0.3) is 0 Å². The van der Waals surface area contributed by atoms with E-state index < -0.39 is 7.59 Å². The molecule has 0 saturated heterocycles. The zero-order chi connectivity index (χ0) is 16.5. The molecule has 0 N–H and O–H groups in total. The van der Waals surface area contributed by atoms with Crippen LogP contribution in [-0.4, -0.2) is 15.0 Å². The third-order valence-corrected chi connectivity index (χ3v) is 3.80. The van der Waals surface area contributed by atoms with E-state index in [1.807, 2.05) is 31.2 Å². The zero-order valence-electron chi connectivity index (χ0n) is 11.1. The molecule has 118 valence electrons. The second kappa shape index (κ2) is 6.84. The van der Waals surface area contributed by atoms with Crippen LogP contribution >= 0.6 is 69.6 Å². The van der Waals surface area contributed by atoms with Gasteiger partial charge in [0.05, 0.1) is 0 Å². The Morgan fingerprint density at radius 1 is 0.818 bits per heavy atom. The van der Waals surface area contributed by atoms with Gasteiger partial charge in [-0.3, -0.25) is 0 Å². The fourth-order valence-corrected chi connectivity index (χ4v) is 2.30. The minimum Gasteiger partial charge on any atom is -0.209 e. The number of alkyl halides is 6. The maximum absolute atomic E-state index is 5.86. The molecule has 1 aromatic carbocycles. The number of aromatic nitrogens is 3. The van der Waals surface area contributed by atoms with Crippen molar-refractivity contribution in [1.82, 2.24) is 15.0 Å². The second-order valence-electron chi connectivity index (χ2n) is 4.31. The van der Waals surface area contributed by atoms with Crippen LogP contribution in [0.4, 0.5) is 0 Å². The van der Waals surface area contributed by atoms with Gasteiger partial charge in [0, 0.05) is 5.56 Å². The van der Waals surface area contributed by atoms with Crippen LogP contribution in [0.5, 0.6) is 0 Å². The van der Waals surface area contributed by atoms with E-state index in [0.717, 1.165) is 17.5 Å². The fourth-order valence-electron chi connectivity index (χ4n) is 1.80. The van der Waals surface area contributed by atoms with E-state index in [9.17, 15) is 0 Å². The predicted molar refractivity (Wildman–Crippen MR) is 93.1 cm³/mol. The van der Waals surface area contributed by atoms with Crippen molar-refractivity contribution in [2.75, 3.05) is 0 Å². The molecule has 1 aromatic heterocycles. The monoisotopic (exact) mass is 417 g/mol. The normalized spacial score (nSPS) is 12.5. The summed E-state index contributed by atoms with van der Waals surface area (Å²) in [5, 5.41) is 0. The summed E-state index contributed by atoms with van der Waals surface area (Å²) >= 11 is 35.2. The Bertz CT molecular complexity index is 646. The van der Waals surface area contributed by atoms with Crippen LogP contribution in [0.15, 0.2) is 24.3 Å². The molecule has 2 aromatic rings. The van der Waals surface area contributed by atoms with Gasteiger partial charge < -0.3 is 0 Å². The largest absolute Gasteiger partial charge is 0.250 e. The van der Waals surface area contributed by atoms with E-state index in [1.54, 1.807) is 0 Å². The minimum absolute atomic E-state index is 0.102. The molecule has 0 spiro atoms. The van der Waals surface area contributed by atoms with E-state index in [0.29, 0.717) is 0 Å². The molecule has 0 radical (unpaired) electrons. The van der Waals surface area contributed by atoms with E-state index in [2.05, 4.69) is 15.0 Å². The number of nitrogens with zero attached hydrogens (tertiary/aromatic N) is 3. The number of halogens is 6. The molecule has 3 nitrogen and oxygen atoms in total. The Morgan fingerprint density at radius 3 is 1.77 bits per heavy atom. The van der Waals surface area contributed by atoms with Gasteiger partial charge in [0.2, 0.25) is 7.59 Å².